The van der Waals surface area contributed by atoms with Gasteiger partial charge in [-0.3, -0.25) is 48.8 Å². The number of nitrogens with zero attached hydrogens (tertiary/aromatic N) is 8. The summed E-state index contributed by atoms with van der Waals surface area (Å²) in [5, 5.41) is 27.9. The van der Waals surface area contributed by atoms with Crippen LogP contribution in [0.15, 0.2) is 60.7 Å². The van der Waals surface area contributed by atoms with Gasteiger partial charge in [0.1, 0.15) is 6.54 Å². The molecule has 15 heteroatoms. The third kappa shape index (κ3) is 9.01. The molecule has 15 nitrogen and oxygen atoms in total. The smallest absolute Gasteiger partial charge is 0.337 e. The molecule has 1 atom stereocenters. The molecule has 8 fully saturated rings. The molecule has 8 heterocycles. The van der Waals surface area contributed by atoms with Gasteiger partial charge in [-0.2, -0.15) is 0 Å². The van der Waals surface area contributed by atoms with Gasteiger partial charge in [0.15, 0.2) is 6.10 Å². The van der Waals surface area contributed by atoms with Gasteiger partial charge in [0.05, 0.1) is 80.0 Å². The van der Waals surface area contributed by atoms with Crippen LogP contribution in [0, 0.1) is 0 Å². The van der Waals surface area contributed by atoms with Gasteiger partial charge in [-0.05, 0) is 17.7 Å². The Balaban J connectivity index is 0.000000117. The van der Waals surface area contributed by atoms with Crippen molar-refractivity contribution < 1.29 is 29.7 Å². The standard InChI is InChI=1S/C9H9NO3.C8H8O3.2C6H12N4/c11-8(12)6-10-9(13)7-4-2-1-3-5-7;9-7(8(10)11)6-4-2-1-3-5-6;2*1-7-2-9-4-8(1)5-10(3-7)6-9/h1-5H,6H2,(H,10,13)(H,11,12);1-5,7,9H,(H,10,11);2*1-6H2. The number of hydrogen-bond acceptors (Lipinski definition) is 12. The highest BCUT2D eigenvalue weighted by Gasteiger charge is 2.37. The minimum atomic E-state index is -1.41. The minimum Gasteiger partial charge on any atom is -0.480 e. The second-order valence-electron chi connectivity index (χ2n) is 11.7. The second kappa shape index (κ2) is 15.0. The number of nitrogens with one attached hydrogen (secondary N) is 1. The van der Waals surface area contributed by atoms with E-state index < -0.39 is 18.0 Å². The number of amides is 1. The van der Waals surface area contributed by atoms with Crippen molar-refractivity contribution in [3.63, 3.8) is 0 Å². The fourth-order valence-electron chi connectivity index (χ4n) is 6.09. The lowest BCUT2D eigenvalue weighted by molar-refractivity contribution is -0.194. The molecule has 0 aromatic heterocycles. The van der Waals surface area contributed by atoms with E-state index in [1.165, 1.54) is 80.0 Å². The second-order valence-corrected chi connectivity index (χ2v) is 11.7. The summed E-state index contributed by atoms with van der Waals surface area (Å²) < 4.78 is 0. The fourth-order valence-corrected chi connectivity index (χ4v) is 6.09. The Labute approximate surface area is 256 Å². The molecule has 2 aromatic rings. The number of carboxylic acids is 2. The van der Waals surface area contributed by atoms with Crippen LogP contribution in [0.1, 0.15) is 22.0 Å². The summed E-state index contributed by atoms with van der Waals surface area (Å²) >= 11 is 0. The molecule has 8 aliphatic heterocycles. The van der Waals surface area contributed by atoms with Crippen molar-refractivity contribution in [2.75, 3.05) is 86.6 Å². The van der Waals surface area contributed by atoms with E-state index in [0.717, 1.165) is 0 Å². The molecular formula is C29H41N9O6. The molecule has 8 saturated heterocycles. The van der Waals surface area contributed by atoms with Crippen LogP contribution in [0.4, 0.5) is 0 Å². The summed E-state index contributed by atoms with van der Waals surface area (Å²) in [7, 11) is 0. The first kappa shape index (κ1) is 31.9. The zero-order valence-corrected chi connectivity index (χ0v) is 24.7. The molecular weight excluding hydrogens is 570 g/mol. The number of aliphatic hydroxyl groups is 1. The van der Waals surface area contributed by atoms with E-state index in [2.05, 4.69) is 44.5 Å². The first-order valence-corrected chi connectivity index (χ1v) is 14.5. The van der Waals surface area contributed by atoms with Crippen molar-refractivity contribution in [3.05, 3.63) is 71.8 Å². The zero-order valence-electron chi connectivity index (χ0n) is 24.7. The molecule has 10 rings (SSSR count). The van der Waals surface area contributed by atoms with Crippen LogP contribution in [-0.2, 0) is 9.59 Å². The lowest BCUT2D eigenvalue weighted by atomic mass is 10.1. The largest absolute Gasteiger partial charge is 0.480 e. The predicted octanol–water partition coefficient (Wildman–Crippen LogP) is -0.734. The topological polar surface area (TPSA) is 150 Å². The molecule has 238 valence electrons. The van der Waals surface area contributed by atoms with E-state index in [4.69, 9.17) is 15.3 Å². The maximum absolute atomic E-state index is 11.2. The van der Waals surface area contributed by atoms with Crippen molar-refractivity contribution in [2.45, 2.75) is 6.10 Å². The van der Waals surface area contributed by atoms with Crippen LogP contribution in [0.3, 0.4) is 0 Å². The molecule has 4 N–H and O–H groups in total. The number of aliphatic hydroxyl groups excluding tert-OH is 1. The molecule has 8 bridgehead atoms. The lowest BCUT2D eigenvalue weighted by Crippen LogP contribution is -2.71. The minimum absolute atomic E-state index is 0.353. The Bertz CT molecular complexity index is 1110. The van der Waals surface area contributed by atoms with E-state index in [1.54, 1.807) is 60.7 Å². The van der Waals surface area contributed by atoms with Crippen LogP contribution in [0.2, 0.25) is 0 Å². The van der Waals surface area contributed by atoms with Crippen molar-refractivity contribution in [2.24, 2.45) is 0 Å². The third-order valence-electron chi connectivity index (χ3n) is 7.59. The number of benzene rings is 2. The number of carboxylic acid groups (broad SMARTS) is 2. The monoisotopic (exact) mass is 611 g/mol. The van der Waals surface area contributed by atoms with Gasteiger partial charge in [0, 0.05) is 5.56 Å². The van der Waals surface area contributed by atoms with Crippen LogP contribution in [-0.4, -0.2) is 159 Å². The van der Waals surface area contributed by atoms with Crippen LogP contribution >= 0.6 is 0 Å². The number of carbonyl (C=O) groups excluding carboxylic acids is 1. The normalized spacial score (nSPS) is 32.0. The summed E-state index contributed by atoms with van der Waals surface area (Å²) in [6.07, 6.45) is -1.41. The summed E-state index contributed by atoms with van der Waals surface area (Å²) in [6, 6.07) is 16.7. The first-order chi connectivity index (χ1) is 21.2. The number of rotatable bonds is 5. The third-order valence-corrected chi connectivity index (χ3v) is 7.59. The van der Waals surface area contributed by atoms with Gasteiger partial charge in [0.2, 0.25) is 0 Å². The average Bonchev–Trinajstić information content (AvgIpc) is 3.00. The highest BCUT2D eigenvalue weighted by Crippen LogP contribution is 2.21. The van der Waals surface area contributed by atoms with Crippen molar-refractivity contribution in [1.29, 1.82) is 0 Å². The Kier molecular flexibility index (Phi) is 10.9. The number of carbonyl (C=O) groups is 3. The molecule has 0 saturated carbocycles. The summed E-state index contributed by atoms with van der Waals surface area (Å²) in [6.45, 7) is 13.9. The van der Waals surface area contributed by atoms with Crippen LogP contribution in [0.25, 0.3) is 0 Å². The van der Waals surface area contributed by atoms with Gasteiger partial charge in [-0.1, -0.05) is 48.5 Å². The molecule has 44 heavy (non-hydrogen) atoms. The van der Waals surface area contributed by atoms with Crippen LogP contribution < -0.4 is 5.32 Å². The van der Waals surface area contributed by atoms with E-state index in [9.17, 15) is 14.4 Å². The molecule has 0 radical (unpaired) electrons. The van der Waals surface area contributed by atoms with Gasteiger partial charge in [0.25, 0.3) is 5.91 Å². The summed E-state index contributed by atoms with van der Waals surface area (Å²) in [5.74, 6) is -2.65. The maximum atomic E-state index is 11.2. The highest BCUT2D eigenvalue weighted by molar-refractivity contribution is 5.95. The Morgan fingerprint density at radius 1 is 0.568 bits per heavy atom. The lowest BCUT2D eigenvalue weighted by Gasteiger charge is -2.56. The molecule has 8 aliphatic rings. The van der Waals surface area contributed by atoms with Crippen molar-refractivity contribution in [3.8, 4) is 0 Å². The van der Waals surface area contributed by atoms with Gasteiger partial charge >= 0.3 is 11.9 Å². The summed E-state index contributed by atoms with van der Waals surface area (Å²) in [5.41, 5.74) is 0.865. The van der Waals surface area contributed by atoms with Gasteiger partial charge in [-0.25, -0.2) is 4.79 Å². The molecule has 2 aromatic carbocycles. The van der Waals surface area contributed by atoms with Crippen molar-refractivity contribution in [1.82, 2.24) is 44.5 Å². The zero-order chi connectivity index (χ0) is 31.1. The molecule has 1 amide bonds. The Hall–Kier alpha value is -3.51. The number of hydrogen-bond donors (Lipinski definition) is 4. The Morgan fingerprint density at radius 3 is 1.18 bits per heavy atom. The van der Waals surface area contributed by atoms with Gasteiger partial charge in [-0.15, -0.1) is 0 Å². The van der Waals surface area contributed by atoms with Crippen LogP contribution in [0.5, 0.6) is 0 Å². The Morgan fingerprint density at radius 2 is 0.886 bits per heavy atom. The molecule has 1 unspecified atom stereocenters. The van der Waals surface area contributed by atoms with E-state index in [0.29, 0.717) is 11.1 Å². The number of aliphatic carboxylic acids is 2. The SMILES string of the molecule is C1N2CN3CN1CN(C2)C3.C1N2CN3CN1CN(C2)C3.O=C(O)C(O)c1ccccc1.O=C(O)CNC(=O)c1ccccc1. The maximum Gasteiger partial charge on any atom is 0.337 e. The predicted molar refractivity (Wildman–Crippen MR) is 159 cm³/mol. The average molecular weight is 612 g/mol. The van der Waals surface area contributed by atoms with E-state index in [-0.39, 0.29) is 12.5 Å². The molecule has 0 spiro atoms. The summed E-state index contributed by atoms with van der Waals surface area (Å²) in [4.78, 5) is 51.3. The molecule has 0 aliphatic carbocycles. The quantitative estimate of drug-likeness (QED) is 0.336. The first-order valence-electron chi connectivity index (χ1n) is 14.5. The van der Waals surface area contributed by atoms with E-state index >= 15 is 0 Å². The fraction of sp³-hybridized carbons (Fsp3) is 0.483. The van der Waals surface area contributed by atoms with Crippen molar-refractivity contribution >= 4 is 17.8 Å². The van der Waals surface area contributed by atoms with E-state index in [1.807, 2.05) is 0 Å². The van der Waals surface area contributed by atoms with Gasteiger partial charge < -0.3 is 20.6 Å². The highest BCUT2D eigenvalue weighted by atomic mass is 16.4.